The fraction of sp³-hybridized carbons (Fsp3) is 0.231. The maximum Gasteiger partial charge on any atom is 0.253 e. The number of hydrogen-bond acceptors (Lipinski definition) is 3. The average Bonchev–Trinajstić information content (AvgIpc) is 2.38. The largest absolute Gasteiger partial charge is 0.497 e. The molecule has 0 fully saturated rings. The fourth-order valence-corrected chi connectivity index (χ4v) is 1.59. The SMILES string of the molecule is COc1ccc(CCn2cnccc2=O)cc1. The van der Waals surface area contributed by atoms with Crippen molar-refractivity contribution < 1.29 is 4.74 Å². The van der Waals surface area contributed by atoms with Crippen molar-refractivity contribution in [1.29, 1.82) is 0 Å². The van der Waals surface area contributed by atoms with E-state index in [0.717, 1.165) is 12.2 Å². The molecule has 0 N–H and O–H groups in total. The molecule has 0 radical (unpaired) electrons. The molecule has 0 unspecified atom stereocenters. The second kappa shape index (κ2) is 5.30. The van der Waals surface area contributed by atoms with Gasteiger partial charge < -0.3 is 4.74 Å². The summed E-state index contributed by atoms with van der Waals surface area (Å²) in [6, 6.07) is 9.30. The summed E-state index contributed by atoms with van der Waals surface area (Å²) in [7, 11) is 1.64. The molecule has 0 bridgehead atoms. The molecule has 17 heavy (non-hydrogen) atoms. The molecule has 1 aromatic carbocycles. The standard InChI is InChI=1S/C13H14N2O2/c1-17-12-4-2-11(3-5-12)7-9-15-10-14-8-6-13(15)16/h2-6,8,10H,7,9H2,1H3. The third-order valence-corrected chi connectivity index (χ3v) is 2.59. The molecule has 4 heteroatoms. The molecular formula is C13H14N2O2. The Morgan fingerprint density at radius 2 is 2.00 bits per heavy atom. The third-order valence-electron chi connectivity index (χ3n) is 2.59. The van der Waals surface area contributed by atoms with E-state index < -0.39 is 0 Å². The van der Waals surface area contributed by atoms with Gasteiger partial charge in [-0.05, 0) is 24.1 Å². The van der Waals surface area contributed by atoms with Crippen LogP contribution in [0.1, 0.15) is 5.56 Å². The van der Waals surface area contributed by atoms with Gasteiger partial charge in [0, 0.05) is 18.8 Å². The van der Waals surface area contributed by atoms with Crippen LogP contribution in [0.15, 0.2) is 47.7 Å². The predicted molar refractivity (Wildman–Crippen MR) is 65.2 cm³/mol. The molecule has 0 saturated carbocycles. The lowest BCUT2D eigenvalue weighted by Gasteiger charge is -2.05. The lowest BCUT2D eigenvalue weighted by molar-refractivity contribution is 0.414. The van der Waals surface area contributed by atoms with Crippen LogP contribution in [0.3, 0.4) is 0 Å². The van der Waals surface area contributed by atoms with E-state index in [2.05, 4.69) is 4.98 Å². The lowest BCUT2D eigenvalue weighted by Crippen LogP contribution is -2.19. The molecule has 0 aliphatic heterocycles. The molecule has 2 aromatic rings. The number of nitrogens with zero attached hydrogens (tertiary/aromatic N) is 2. The summed E-state index contributed by atoms with van der Waals surface area (Å²) in [5.41, 5.74) is 1.15. The van der Waals surface area contributed by atoms with Gasteiger partial charge in [0.1, 0.15) is 5.75 Å². The van der Waals surface area contributed by atoms with Crippen LogP contribution in [0.25, 0.3) is 0 Å². The number of aryl methyl sites for hydroxylation is 2. The van der Waals surface area contributed by atoms with Gasteiger partial charge >= 0.3 is 0 Å². The molecule has 88 valence electrons. The molecular weight excluding hydrogens is 216 g/mol. The van der Waals surface area contributed by atoms with E-state index in [1.165, 1.54) is 17.8 Å². The highest BCUT2D eigenvalue weighted by atomic mass is 16.5. The van der Waals surface area contributed by atoms with Crippen LogP contribution in [0, 0.1) is 0 Å². The van der Waals surface area contributed by atoms with E-state index >= 15 is 0 Å². The zero-order valence-electron chi connectivity index (χ0n) is 9.67. The molecule has 1 aromatic heterocycles. The van der Waals surface area contributed by atoms with Crippen LogP contribution in [-0.4, -0.2) is 16.7 Å². The molecule has 0 saturated heterocycles. The summed E-state index contributed by atoms with van der Waals surface area (Å²) >= 11 is 0. The van der Waals surface area contributed by atoms with E-state index in [4.69, 9.17) is 4.74 Å². The van der Waals surface area contributed by atoms with Crippen molar-refractivity contribution in [2.24, 2.45) is 0 Å². The van der Waals surface area contributed by atoms with Crippen LogP contribution in [0.2, 0.25) is 0 Å². The van der Waals surface area contributed by atoms with Crippen molar-refractivity contribution in [3.05, 3.63) is 58.8 Å². The number of methoxy groups -OCH3 is 1. The van der Waals surface area contributed by atoms with E-state index in [1.54, 1.807) is 18.0 Å². The highest BCUT2D eigenvalue weighted by molar-refractivity contribution is 5.27. The maximum atomic E-state index is 11.4. The van der Waals surface area contributed by atoms with Crippen LogP contribution in [0.4, 0.5) is 0 Å². The predicted octanol–water partition coefficient (Wildman–Crippen LogP) is 1.49. The van der Waals surface area contributed by atoms with E-state index in [0.29, 0.717) is 6.54 Å². The third kappa shape index (κ3) is 2.93. The first-order valence-electron chi connectivity index (χ1n) is 5.43. The number of benzene rings is 1. The minimum Gasteiger partial charge on any atom is -0.497 e. The van der Waals surface area contributed by atoms with Gasteiger partial charge in [-0.15, -0.1) is 0 Å². The summed E-state index contributed by atoms with van der Waals surface area (Å²) in [5, 5.41) is 0. The molecule has 2 rings (SSSR count). The Balaban J connectivity index is 2.02. The second-order valence-electron chi connectivity index (χ2n) is 3.71. The Hall–Kier alpha value is -2.10. The summed E-state index contributed by atoms with van der Waals surface area (Å²) in [4.78, 5) is 15.4. The van der Waals surface area contributed by atoms with Crippen molar-refractivity contribution in [3.8, 4) is 5.75 Å². The Bertz CT molecular complexity index is 532. The van der Waals surface area contributed by atoms with Crippen molar-refractivity contribution in [1.82, 2.24) is 9.55 Å². The smallest absolute Gasteiger partial charge is 0.253 e. The first-order chi connectivity index (χ1) is 8.29. The van der Waals surface area contributed by atoms with Crippen LogP contribution >= 0.6 is 0 Å². The first-order valence-corrected chi connectivity index (χ1v) is 5.43. The van der Waals surface area contributed by atoms with Crippen LogP contribution in [0.5, 0.6) is 5.75 Å². The normalized spacial score (nSPS) is 10.2. The quantitative estimate of drug-likeness (QED) is 0.799. The summed E-state index contributed by atoms with van der Waals surface area (Å²) in [6.07, 6.45) is 3.87. The Labute approximate surface area is 99.5 Å². The monoisotopic (exact) mass is 230 g/mol. The van der Waals surface area contributed by atoms with E-state index in [1.807, 2.05) is 24.3 Å². The van der Waals surface area contributed by atoms with E-state index in [9.17, 15) is 4.79 Å². The average molecular weight is 230 g/mol. The Kier molecular flexibility index (Phi) is 3.55. The first kappa shape index (κ1) is 11.4. The summed E-state index contributed by atoms with van der Waals surface area (Å²) in [5.74, 6) is 0.840. The highest BCUT2D eigenvalue weighted by Gasteiger charge is 1.97. The number of hydrogen-bond donors (Lipinski definition) is 0. The fourth-order valence-electron chi connectivity index (χ4n) is 1.59. The van der Waals surface area contributed by atoms with Crippen molar-refractivity contribution >= 4 is 0 Å². The number of aromatic nitrogens is 2. The van der Waals surface area contributed by atoms with Gasteiger partial charge in [-0.3, -0.25) is 9.36 Å². The molecule has 0 aliphatic rings. The Morgan fingerprint density at radius 1 is 1.24 bits per heavy atom. The second-order valence-corrected chi connectivity index (χ2v) is 3.71. The number of rotatable bonds is 4. The van der Waals surface area contributed by atoms with Crippen LogP contribution < -0.4 is 10.3 Å². The van der Waals surface area contributed by atoms with Gasteiger partial charge in [0.2, 0.25) is 0 Å². The number of ether oxygens (including phenoxy) is 1. The summed E-state index contributed by atoms with van der Waals surface area (Å²) < 4.78 is 6.69. The van der Waals surface area contributed by atoms with Crippen molar-refractivity contribution in [2.75, 3.05) is 7.11 Å². The lowest BCUT2D eigenvalue weighted by atomic mass is 10.1. The van der Waals surface area contributed by atoms with Gasteiger partial charge in [0.25, 0.3) is 5.56 Å². The molecule has 4 nitrogen and oxygen atoms in total. The van der Waals surface area contributed by atoms with Gasteiger partial charge in [-0.2, -0.15) is 0 Å². The molecule has 0 aliphatic carbocycles. The topological polar surface area (TPSA) is 44.1 Å². The van der Waals surface area contributed by atoms with Crippen molar-refractivity contribution in [2.45, 2.75) is 13.0 Å². The zero-order chi connectivity index (χ0) is 12.1. The maximum absolute atomic E-state index is 11.4. The summed E-state index contributed by atoms with van der Waals surface area (Å²) in [6.45, 7) is 0.638. The van der Waals surface area contributed by atoms with Gasteiger partial charge in [-0.25, -0.2) is 4.98 Å². The molecule has 0 spiro atoms. The highest BCUT2D eigenvalue weighted by Crippen LogP contribution is 2.11. The molecule has 1 heterocycles. The molecule has 0 amide bonds. The van der Waals surface area contributed by atoms with Crippen LogP contribution in [-0.2, 0) is 13.0 Å². The minimum absolute atomic E-state index is 0.0199. The minimum atomic E-state index is -0.0199. The molecule has 0 atom stereocenters. The van der Waals surface area contributed by atoms with Gasteiger partial charge in [0.15, 0.2) is 0 Å². The zero-order valence-corrected chi connectivity index (χ0v) is 9.67. The van der Waals surface area contributed by atoms with Gasteiger partial charge in [0.05, 0.1) is 13.4 Å². The van der Waals surface area contributed by atoms with E-state index in [-0.39, 0.29) is 5.56 Å². The van der Waals surface area contributed by atoms with Crippen molar-refractivity contribution in [3.63, 3.8) is 0 Å². The van der Waals surface area contributed by atoms with Gasteiger partial charge in [-0.1, -0.05) is 12.1 Å². The Morgan fingerprint density at radius 3 is 2.65 bits per heavy atom.